The minimum atomic E-state index is 0.715. The third-order valence-electron chi connectivity index (χ3n) is 2.78. The van der Waals surface area contributed by atoms with Crippen LogP contribution < -0.4 is 21.7 Å². The Hall–Kier alpha value is -0.200. The molecule has 104 valence electrons. The molecule has 0 aromatic heterocycles. The highest BCUT2D eigenvalue weighted by molar-refractivity contribution is 4.58. The van der Waals surface area contributed by atoms with Crippen molar-refractivity contribution in [3.05, 3.63) is 0 Å². The largest absolute Gasteiger partial charge is 0.329 e. The summed E-state index contributed by atoms with van der Waals surface area (Å²) in [6.45, 7) is 14.6. The molecule has 0 amide bonds. The number of nitrogens with zero attached hydrogens (tertiary/aromatic N) is 1. The molecule has 0 aliphatic rings. The normalized spacial score (nSPS) is 11.3. The van der Waals surface area contributed by atoms with Gasteiger partial charge < -0.3 is 26.6 Å². The lowest BCUT2D eigenvalue weighted by Gasteiger charge is -2.18. The van der Waals surface area contributed by atoms with E-state index in [4.69, 9.17) is 5.73 Å². The van der Waals surface area contributed by atoms with E-state index in [9.17, 15) is 0 Å². The lowest BCUT2D eigenvalue weighted by atomic mass is 10.4. The van der Waals surface area contributed by atoms with E-state index < -0.39 is 0 Å². The number of rotatable bonds is 13. The summed E-state index contributed by atoms with van der Waals surface area (Å²) in [7, 11) is 0. The Morgan fingerprint density at radius 2 is 1.24 bits per heavy atom. The van der Waals surface area contributed by atoms with Gasteiger partial charge in [-0.15, -0.1) is 0 Å². The van der Waals surface area contributed by atoms with Crippen LogP contribution in [0.25, 0.3) is 0 Å². The van der Waals surface area contributed by atoms with Gasteiger partial charge in [-0.25, -0.2) is 0 Å². The highest BCUT2D eigenvalue weighted by atomic mass is 15.1. The molecule has 0 aliphatic heterocycles. The van der Waals surface area contributed by atoms with Crippen LogP contribution in [0.3, 0.4) is 0 Å². The second-order valence-corrected chi connectivity index (χ2v) is 4.07. The zero-order valence-corrected chi connectivity index (χ0v) is 11.6. The van der Waals surface area contributed by atoms with Crippen LogP contribution in [-0.2, 0) is 0 Å². The summed E-state index contributed by atoms with van der Waals surface area (Å²) in [6, 6.07) is 0. The Morgan fingerprint density at radius 1 is 0.765 bits per heavy atom. The van der Waals surface area contributed by atoms with E-state index in [1.807, 2.05) is 0 Å². The molecule has 0 spiro atoms. The van der Waals surface area contributed by atoms with Gasteiger partial charge in [-0.2, -0.15) is 0 Å². The molecule has 0 bridgehead atoms. The van der Waals surface area contributed by atoms with Crippen molar-refractivity contribution in [2.45, 2.75) is 13.8 Å². The van der Waals surface area contributed by atoms with Crippen molar-refractivity contribution in [3.63, 3.8) is 0 Å². The van der Waals surface area contributed by atoms with Gasteiger partial charge in [0.1, 0.15) is 0 Å². The predicted molar refractivity (Wildman–Crippen MR) is 75.5 cm³/mol. The van der Waals surface area contributed by atoms with Crippen LogP contribution in [-0.4, -0.2) is 70.3 Å². The summed E-state index contributed by atoms with van der Waals surface area (Å²) in [5, 5.41) is 10.1. The molecule has 0 saturated heterocycles. The monoisotopic (exact) mass is 245 g/mol. The molecule has 0 atom stereocenters. The van der Waals surface area contributed by atoms with Gasteiger partial charge in [0.15, 0.2) is 0 Å². The summed E-state index contributed by atoms with van der Waals surface area (Å²) in [6.07, 6.45) is 0. The SMILES string of the molecule is CCN(CC)CCNCCNCCNCCN. The van der Waals surface area contributed by atoms with Crippen molar-refractivity contribution in [2.75, 3.05) is 65.4 Å². The van der Waals surface area contributed by atoms with Gasteiger partial charge in [-0.1, -0.05) is 13.8 Å². The minimum absolute atomic E-state index is 0.715. The fourth-order valence-corrected chi connectivity index (χ4v) is 1.61. The smallest absolute Gasteiger partial charge is 0.0107 e. The maximum atomic E-state index is 5.37. The van der Waals surface area contributed by atoms with Crippen LogP contribution in [0.1, 0.15) is 13.8 Å². The topological polar surface area (TPSA) is 65.3 Å². The maximum Gasteiger partial charge on any atom is 0.0107 e. The van der Waals surface area contributed by atoms with Gasteiger partial charge in [0.05, 0.1) is 0 Å². The molecule has 5 nitrogen and oxygen atoms in total. The van der Waals surface area contributed by atoms with E-state index in [-0.39, 0.29) is 0 Å². The average Bonchev–Trinajstić information content (AvgIpc) is 2.36. The van der Waals surface area contributed by atoms with Gasteiger partial charge >= 0.3 is 0 Å². The lowest BCUT2D eigenvalue weighted by molar-refractivity contribution is 0.302. The van der Waals surface area contributed by atoms with Crippen LogP contribution in [0.15, 0.2) is 0 Å². The third kappa shape index (κ3) is 12.1. The lowest BCUT2D eigenvalue weighted by Crippen LogP contribution is -2.37. The zero-order chi connectivity index (χ0) is 12.8. The van der Waals surface area contributed by atoms with E-state index >= 15 is 0 Å². The number of hydrogen-bond acceptors (Lipinski definition) is 5. The fraction of sp³-hybridized carbons (Fsp3) is 1.00. The van der Waals surface area contributed by atoms with Crippen molar-refractivity contribution in [3.8, 4) is 0 Å². The molecular formula is C12H31N5. The standard InChI is InChI=1S/C12H31N5/c1-3-17(4-2)12-11-16-10-9-15-8-7-14-6-5-13/h14-16H,3-13H2,1-2H3. The van der Waals surface area contributed by atoms with Crippen LogP contribution in [0.4, 0.5) is 0 Å². The first-order chi connectivity index (χ1) is 8.35. The van der Waals surface area contributed by atoms with Gasteiger partial charge in [-0.3, -0.25) is 0 Å². The number of hydrogen-bond donors (Lipinski definition) is 4. The van der Waals surface area contributed by atoms with E-state index in [0.717, 1.165) is 58.9 Å². The molecule has 5 heteroatoms. The maximum absolute atomic E-state index is 5.37. The molecule has 0 fully saturated rings. The third-order valence-corrected chi connectivity index (χ3v) is 2.78. The Kier molecular flexibility index (Phi) is 13.7. The molecule has 17 heavy (non-hydrogen) atoms. The summed E-state index contributed by atoms with van der Waals surface area (Å²) in [4.78, 5) is 2.43. The first-order valence-corrected chi connectivity index (χ1v) is 6.89. The van der Waals surface area contributed by atoms with Crippen LogP contribution in [0, 0.1) is 0 Å². The van der Waals surface area contributed by atoms with Crippen molar-refractivity contribution < 1.29 is 0 Å². The minimum Gasteiger partial charge on any atom is -0.329 e. The molecule has 0 aromatic rings. The van der Waals surface area contributed by atoms with Crippen molar-refractivity contribution in [2.24, 2.45) is 5.73 Å². The molecule has 0 aliphatic carbocycles. The van der Waals surface area contributed by atoms with E-state index in [1.54, 1.807) is 0 Å². The van der Waals surface area contributed by atoms with Crippen LogP contribution in [0.5, 0.6) is 0 Å². The van der Waals surface area contributed by atoms with Gasteiger partial charge in [0.25, 0.3) is 0 Å². The van der Waals surface area contributed by atoms with E-state index in [1.165, 1.54) is 0 Å². The summed E-state index contributed by atoms with van der Waals surface area (Å²) < 4.78 is 0. The molecule has 0 aromatic carbocycles. The summed E-state index contributed by atoms with van der Waals surface area (Å²) in [5.74, 6) is 0. The number of likely N-dealkylation sites (N-methyl/N-ethyl adjacent to an activating group) is 1. The van der Waals surface area contributed by atoms with Crippen molar-refractivity contribution in [1.29, 1.82) is 0 Å². The molecular weight excluding hydrogens is 214 g/mol. The molecule has 0 saturated carbocycles. The van der Waals surface area contributed by atoms with E-state index in [0.29, 0.717) is 6.54 Å². The highest BCUT2D eigenvalue weighted by Gasteiger charge is 1.96. The molecule has 0 heterocycles. The first-order valence-electron chi connectivity index (χ1n) is 6.89. The number of nitrogens with one attached hydrogen (secondary N) is 3. The Morgan fingerprint density at radius 3 is 1.71 bits per heavy atom. The Labute approximate surface area is 107 Å². The fourth-order valence-electron chi connectivity index (χ4n) is 1.61. The van der Waals surface area contributed by atoms with Crippen molar-refractivity contribution in [1.82, 2.24) is 20.9 Å². The second kappa shape index (κ2) is 13.9. The Bertz CT molecular complexity index is 139. The average molecular weight is 245 g/mol. The first kappa shape index (κ1) is 16.8. The van der Waals surface area contributed by atoms with Gasteiger partial charge in [0.2, 0.25) is 0 Å². The predicted octanol–water partition coefficient (Wildman–Crippen LogP) is -0.944. The molecule has 0 unspecified atom stereocenters. The van der Waals surface area contributed by atoms with Gasteiger partial charge in [0, 0.05) is 52.4 Å². The summed E-state index contributed by atoms with van der Waals surface area (Å²) in [5.41, 5.74) is 5.37. The van der Waals surface area contributed by atoms with Crippen LogP contribution in [0.2, 0.25) is 0 Å². The number of nitrogens with two attached hydrogens (primary N) is 1. The molecule has 0 radical (unpaired) electrons. The zero-order valence-electron chi connectivity index (χ0n) is 11.6. The van der Waals surface area contributed by atoms with Crippen LogP contribution >= 0.6 is 0 Å². The molecule has 0 rings (SSSR count). The quantitative estimate of drug-likeness (QED) is 0.315. The van der Waals surface area contributed by atoms with Gasteiger partial charge in [-0.05, 0) is 13.1 Å². The van der Waals surface area contributed by atoms with E-state index in [2.05, 4.69) is 34.7 Å². The second-order valence-electron chi connectivity index (χ2n) is 4.07. The molecule has 5 N–H and O–H groups in total. The Balaban J connectivity index is 3.03. The van der Waals surface area contributed by atoms with Crippen molar-refractivity contribution >= 4 is 0 Å². The summed E-state index contributed by atoms with van der Waals surface area (Å²) >= 11 is 0. The highest BCUT2D eigenvalue weighted by Crippen LogP contribution is 1.83.